The van der Waals surface area contributed by atoms with Crippen LogP contribution in [0.2, 0.25) is 0 Å². The van der Waals surface area contributed by atoms with Gasteiger partial charge in [-0.15, -0.1) is 0 Å². The van der Waals surface area contributed by atoms with Gasteiger partial charge in [0.05, 0.1) is 73.7 Å². The zero-order chi connectivity index (χ0) is 40.3. The molecule has 11 rings (SSSR count). The molecule has 1 saturated heterocycles. The second-order valence-corrected chi connectivity index (χ2v) is 14.9. The Hall–Kier alpha value is -7.16. The number of hydrogen-bond acceptors (Lipinski definition) is 10. The number of hydrogen-bond donors (Lipinski definition) is 0. The highest BCUT2D eigenvalue weighted by atomic mass is 16.7. The first-order valence-electron chi connectivity index (χ1n) is 20.1. The van der Waals surface area contributed by atoms with E-state index in [1.807, 2.05) is 98.0 Å². The molecule has 0 saturated carbocycles. The molecular weight excluding hydrogens is 753 g/mol. The van der Waals surface area contributed by atoms with Crippen molar-refractivity contribution in [2.45, 2.75) is 45.2 Å². The molecule has 1 unspecified atom stereocenters. The van der Waals surface area contributed by atoms with Crippen molar-refractivity contribution in [3.05, 3.63) is 146 Å². The number of rotatable bonds is 10. The highest BCUT2D eigenvalue weighted by Crippen LogP contribution is 2.24. The van der Waals surface area contributed by atoms with Gasteiger partial charge >= 0.3 is 0 Å². The third kappa shape index (κ3) is 8.10. The van der Waals surface area contributed by atoms with Crippen LogP contribution in [0.25, 0.3) is 66.6 Å². The number of imidazole rings is 2. The topological polar surface area (TPSA) is 141 Å². The van der Waals surface area contributed by atoms with Crippen LogP contribution in [0, 0.1) is 0 Å². The summed E-state index contributed by atoms with van der Waals surface area (Å²) < 4.78 is 19.3. The van der Waals surface area contributed by atoms with Gasteiger partial charge in [0.1, 0.15) is 11.0 Å². The zero-order valence-electron chi connectivity index (χ0n) is 33.1. The molecule has 2 aromatic carbocycles. The number of nitrogens with zero attached hydrogens (tertiary/aromatic N) is 12. The van der Waals surface area contributed by atoms with Crippen molar-refractivity contribution < 1.29 is 9.47 Å². The van der Waals surface area contributed by atoms with E-state index in [0.29, 0.717) is 26.2 Å². The molecule has 1 fully saturated rings. The molecule has 9 heterocycles. The third-order valence-electron chi connectivity index (χ3n) is 10.7. The molecule has 1 aliphatic rings. The molecule has 0 amide bonds. The summed E-state index contributed by atoms with van der Waals surface area (Å²) in [4.78, 5) is 27.5. The SMILES string of the molecule is Cn1cc(-c2ccc3ncn(Cc4ccc5ncccc5c4)c3n2)cn1.c1cnc2ccc(Cn3cnc4ccc(-c5cnn(CCOC6CCCCO6)c5)nc43)cc2c1. The van der Waals surface area contributed by atoms with Gasteiger partial charge < -0.3 is 18.6 Å². The minimum Gasteiger partial charge on any atom is -0.353 e. The summed E-state index contributed by atoms with van der Waals surface area (Å²) in [6, 6.07) is 28.7. The largest absolute Gasteiger partial charge is 0.353 e. The minimum atomic E-state index is -0.0768. The Balaban J connectivity index is 0.000000149. The fraction of sp³-hybridized carbons (Fsp3) is 0.217. The van der Waals surface area contributed by atoms with E-state index >= 15 is 0 Å². The van der Waals surface area contributed by atoms with Crippen LogP contribution in [0.4, 0.5) is 0 Å². The molecular formula is C46H42N12O2. The lowest BCUT2D eigenvalue weighted by atomic mass is 10.1. The third-order valence-corrected chi connectivity index (χ3v) is 10.7. The number of fused-ring (bicyclic) bond motifs is 4. The van der Waals surface area contributed by atoms with Crippen LogP contribution in [0.1, 0.15) is 30.4 Å². The quantitative estimate of drug-likeness (QED) is 0.134. The number of ether oxygens (including phenoxy) is 2. The van der Waals surface area contributed by atoms with E-state index in [1.165, 1.54) is 17.5 Å². The van der Waals surface area contributed by atoms with E-state index in [9.17, 15) is 0 Å². The van der Waals surface area contributed by atoms with E-state index in [0.717, 1.165) is 86.1 Å². The Morgan fingerprint density at radius 3 is 1.83 bits per heavy atom. The van der Waals surface area contributed by atoms with Crippen molar-refractivity contribution in [3.63, 3.8) is 0 Å². The maximum Gasteiger partial charge on any atom is 0.160 e. The Labute approximate surface area is 345 Å². The van der Waals surface area contributed by atoms with Crippen molar-refractivity contribution in [2.75, 3.05) is 13.2 Å². The lowest BCUT2D eigenvalue weighted by molar-refractivity contribution is -0.163. The van der Waals surface area contributed by atoms with Crippen LogP contribution in [0.15, 0.2) is 135 Å². The van der Waals surface area contributed by atoms with Crippen LogP contribution in [0.3, 0.4) is 0 Å². The summed E-state index contributed by atoms with van der Waals surface area (Å²) in [5, 5.41) is 11.0. The highest BCUT2D eigenvalue weighted by Gasteiger charge is 2.15. The van der Waals surface area contributed by atoms with Crippen LogP contribution in [0.5, 0.6) is 0 Å². The molecule has 0 radical (unpaired) electrons. The summed E-state index contributed by atoms with van der Waals surface area (Å²) in [6.45, 7) is 3.45. The van der Waals surface area contributed by atoms with Gasteiger partial charge in [-0.1, -0.05) is 24.3 Å². The molecule has 10 aromatic rings. The molecule has 0 aliphatic carbocycles. The van der Waals surface area contributed by atoms with Gasteiger partial charge in [-0.05, 0) is 91.1 Å². The lowest BCUT2D eigenvalue weighted by Gasteiger charge is -2.22. The number of benzene rings is 2. The maximum atomic E-state index is 5.83. The van der Waals surface area contributed by atoms with E-state index in [1.54, 1.807) is 4.68 Å². The monoisotopic (exact) mass is 794 g/mol. The highest BCUT2D eigenvalue weighted by molar-refractivity contribution is 5.80. The Morgan fingerprint density at radius 1 is 0.650 bits per heavy atom. The van der Waals surface area contributed by atoms with Gasteiger partial charge in [0, 0.05) is 60.3 Å². The first-order chi connectivity index (χ1) is 29.6. The zero-order valence-corrected chi connectivity index (χ0v) is 33.1. The average Bonchev–Trinajstić information content (AvgIpc) is 4.12. The summed E-state index contributed by atoms with van der Waals surface area (Å²) in [6.07, 6.45) is 18.2. The van der Waals surface area contributed by atoms with Crippen molar-refractivity contribution in [1.29, 1.82) is 0 Å². The summed E-state index contributed by atoms with van der Waals surface area (Å²) in [7, 11) is 1.90. The van der Waals surface area contributed by atoms with E-state index in [4.69, 9.17) is 19.4 Å². The average molecular weight is 795 g/mol. The lowest BCUT2D eigenvalue weighted by Crippen LogP contribution is -2.24. The van der Waals surface area contributed by atoms with Crippen molar-refractivity contribution in [3.8, 4) is 22.5 Å². The molecule has 8 aromatic heterocycles. The van der Waals surface area contributed by atoms with Crippen LogP contribution in [-0.4, -0.2) is 78.1 Å². The number of aryl methyl sites for hydroxylation is 1. The smallest absolute Gasteiger partial charge is 0.160 e. The van der Waals surface area contributed by atoms with Gasteiger partial charge in [0.2, 0.25) is 0 Å². The molecule has 1 aliphatic heterocycles. The van der Waals surface area contributed by atoms with E-state index < -0.39 is 0 Å². The molecule has 0 spiro atoms. The first kappa shape index (κ1) is 37.1. The van der Waals surface area contributed by atoms with Gasteiger partial charge in [-0.25, -0.2) is 19.9 Å². The Morgan fingerprint density at radius 2 is 1.25 bits per heavy atom. The minimum absolute atomic E-state index is 0.0768. The number of pyridine rings is 4. The molecule has 14 nitrogen and oxygen atoms in total. The fourth-order valence-corrected chi connectivity index (χ4v) is 7.56. The molecule has 14 heteroatoms. The molecule has 0 bridgehead atoms. The van der Waals surface area contributed by atoms with Gasteiger partial charge in [-0.2, -0.15) is 10.2 Å². The molecule has 298 valence electrons. The predicted molar refractivity (Wildman–Crippen MR) is 230 cm³/mol. The van der Waals surface area contributed by atoms with Crippen LogP contribution >= 0.6 is 0 Å². The van der Waals surface area contributed by atoms with Crippen LogP contribution in [-0.2, 0) is 36.2 Å². The standard InChI is InChI=1S/C26H26N6O2.C20H16N6/c1-2-12-33-25(5-1)34-13-11-32-17-21(15-29-32)23-8-9-24-26(30-23)31(18-28-24)16-19-6-7-22-20(14-19)4-3-10-27-22;1-25-12-16(10-23-25)18-6-7-19-20(24-18)26(13-22-19)11-14-4-5-17-15(9-14)3-2-8-21-17/h3-4,6-10,14-15,17-18,25H,1-2,5,11-13,16H2;2-10,12-13H,11H2,1H3. The van der Waals surface area contributed by atoms with Gasteiger partial charge in [-0.3, -0.25) is 19.3 Å². The summed E-state index contributed by atoms with van der Waals surface area (Å²) in [5.74, 6) is 0. The summed E-state index contributed by atoms with van der Waals surface area (Å²) >= 11 is 0. The van der Waals surface area contributed by atoms with Gasteiger partial charge in [0.25, 0.3) is 0 Å². The Kier molecular flexibility index (Phi) is 10.3. The molecule has 1 atom stereocenters. The van der Waals surface area contributed by atoms with Crippen molar-refractivity contribution >= 4 is 44.1 Å². The predicted octanol–water partition coefficient (Wildman–Crippen LogP) is 7.86. The van der Waals surface area contributed by atoms with Gasteiger partial charge in [0.15, 0.2) is 17.6 Å². The molecule has 0 N–H and O–H groups in total. The van der Waals surface area contributed by atoms with Crippen molar-refractivity contribution in [1.82, 2.24) is 58.6 Å². The number of aromatic nitrogens is 12. The first-order valence-corrected chi connectivity index (χ1v) is 20.1. The maximum absolute atomic E-state index is 5.83. The summed E-state index contributed by atoms with van der Waals surface area (Å²) in [5.41, 5.74) is 11.6. The van der Waals surface area contributed by atoms with Crippen LogP contribution < -0.4 is 0 Å². The normalized spacial score (nSPS) is 14.2. The van der Waals surface area contributed by atoms with E-state index in [-0.39, 0.29) is 6.29 Å². The van der Waals surface area contributed by atoms with Crippen molar-refractivity contribution in [2.24, 2.45) is 7.05 Å². The Bertz CT molecular complexity index is 3070. The fourth-order valence-electron chi connectivity index (χ4n) is 7.56. The molecule has 60 heavy (non-hydrogen) atoms. The second kappa shape index (κ2) is 16.6. The second-order valence-electron chi connectivity index (χ2n) is 14.9. The van der Waals surface area contributed by atoms with E-state index in [2.05, 4.69) is 87.8 Å².